The zero-order valence-corrected chi connectivity index (χ0v) is 52.9. The zero-order valence-electron chi connectivity index (χ0n) is 52.9. The summed E-state index contributed by atoms with van der Waals surface area (Å²) in [5.41, 5.74) is 4.25. The molecule has 0 heterocycles. The number of nitrogens with two attached hydrogens (primary N) is 1. The number of likely N-dealkylation sites (N-methyl/N-ethyl adjacent to an activating group) is 2. The van der Waals surface area contributed by atoms with Gasteiger partial charge in [0.15, 0.2) is 28.6 Å². The maximum atomic E-state index is 14.2. The van der Waals surface area contributed by atoms with Gasteiger partial charge in [-0.3, -0.25) is 43.5 Å². The Hall–Kier alpha value is -7.36. The van der Waals surface area contributed by atoms with Crippen molar-refractivity contribution in [1.29, 1.82) is 0 Å². The van der Waals surface area contributed by atoms with E-state index in [1.807, 2.05) is 68.3 Å². The van der Waals surface area contributed by atoms with Gasteiger partial charge in [-0.05, 0) is 159 Å². The molecule has 3 aromatic carbocycles. The van der Waals surface area contributed by atoms with Crippen molar-refractivity contribution >= 4 is 57.7 Å². The molecule has 0 aromatic heterocycles. The molecule has 6 aliphatic carbocycles. The van der Waals surface area contributed by atoms with E-state index in [0.29, 0.717) is 35.2 Å². The number of anilines is 2. The molecule has 0 saturated heterocycles. The summed E-state index contributed by atoms with van der Waals surface area (Å²) in [4.78, 5) is 88.9. The lowest BCUT2D eigenvalue weighted by atomic mass is 9.57. The number of primary amides is 1. The molecule has 0 bridgehead atoms. The van der Waals surface area contributed by atoms with E-state index in [4.69, 9.17) is 5.73 Å². The summed E-state index contributed by atoms with van der Waals surface area (Å²) in [5.74, 6) is -11.9. The average Bonchev–Trinajstić information content (AvgIpc) is 0.715. The number of nitrogens with zero attached hydrogens (tertiary/aromatic N) is 5. The second-order valence-electron chi connectivity index (χ2n) is 25.8. The van der Waals surface area contributed by atoms with Gasteiger partial charge in [0.05, 0.1) is 23.2 Å². The lowest BCUT2D eigenvalue weighted by Crippen LogP contribution is -2.65. The van der Waals surface area contributed by atoms with Crippen LogP contribution in [0.5, 0.6) is 11.5 Å². The summed E-state index contributed by atoms with van der Waals surface area (Å²) in [6.07, 6.45) is 10.3. The van der Waals surface area contributed by atoms with Crippen molar-refractivity contribution in [3.05, 3.63) is 115 Å². The van der Waals surface area contributed by atoms with Crippen LogP contribution in [-0.2, 0) is 61.0 Å². The van der Waals surface area contributed by atoms with E-state index in [-0.39, 0.29) is 59.5 Å². The fraction of sp³-hybridized carbons (Fsp3) is 0.529. The van der Waals surface area contributed by atoms with Gasteiger partial charge in [0.1, 0.15) is 45.7 Å². The fourth-order valence-electron chi connectivity index (χ4n) is 14.9. The van der Waals surface area contributed by atoms with Gasteiger partial charge >= 0.3 is 0 Å². The van der Waals surface area contributed by atoms with E-state index >= 15 is 0 Å². The van der Waals surface area contributed by atoms with Crippen molar-refractivity contribution in [1.82, 2.24) is 14.7 Å². The van der Waals surface area contributed by atoms with E-state index in [0.717, 1.165) is 89.2 Å². The fourth-order valence-corrected chi connectivity index (χ4v) is 14.9. The maximum Gasteiger partial charge on any atom is 0.255 e. The minimum Gasteiger partial charge on any atom is -0.508 e. The summed E-state index contributed by atoms with van der Waals surface area (Å²) < 4.78 is 0. The van der Waals surface area contributed by atoms with Gasteiger partial charge in [-0.2, -0.15) is 0 Å². The third kappa shape index (κ3) is 11.7. The Labute approximate surface area is 515 Å². The Bertz CT molecular complexity index is 3410. The standard InChI is InChI=1S/C34H50N4O7.C34H40N2O7/c1-7-9-11-13-38(14-12-10-8-2)18-20-17-23(36(3)4)21-15-19-16-22-27(37(5)6)30(41)26(33(35)44)32(43)34(22,45)31(42)24(19)29(40)25(21)28(20)39;1-18(37)25-31(40)28(36(4)5)23-16-21-15-22-24(35(2)3)17-20(14-10-9-13-19-11-7-6-8-12-19)29(38)27(22)30(39)26(21)33(42)34(23,43)32(25)41/h17,19,22,27,39-40,43,45H,7-16,18H2,1-6H3,(H2,35,44);6-8,11-12,17,21,23,28,38-39,41,43H,9-10,13-16H2,1-5H3/t19-,22-,27?,34-;21-,23-,28?,34+/m00/s1. The molecule has 1 amide bonds. The third-order valence-electron chi connectivity index (χ3n) is 19.2. The van der Waals surface area contributed by atoms with Crippen molar-refractivity contribution in [2.75, 3.05) is 79.3 Å². The molecule has 8 atom stereocenters. The number of Topliss-reactive ketones (excluding diaryl/α,β-unsaturated/α-hetero) is 5. The number of hydrogen-bond acceptors (Lipinski definition) is 19. The number of unbranched alkanes of at least 4 members (excludes halogenated alkanes) is 5. The first-order valence-corrected chi connectivity index (χ1v) is 30.9. The number of benzene rings is 3. The van der Waals surface area contributed by atoms with Crippen LogP contribution in [0.2, 0.25) is 0 Å². The summed E-state index contributed by atoms with van der Waals surface area (Å²) in [7, 11) is 13.9. The summed E-state index contributed by atoms with van der Waals surface area (Å²) >= 11 is 0. The average molecular weight is 1220 g/mol. The number of carbonyl (C=O) groups excluding carboxylic acids is 6. The minimum absolute atomic E-state index is 0.0593. The third-order valence-corrected chi connectivity index (χ3v) is 19.2. The first-order valence-electron chi connectivity index (χ1n) is 30.9. The Morgan fingerprint density at radius 1 is 0.580 bits per heavy atom. The topological polar surface area (TPSA) is 306 Å². The van der Waals surface area contributed by atoms with Crippen LogP contribution in [0.3, 0.4) is 0 Å². The molecular weight excluding hydrogens is 1120 g/mol. The molecule has 476 valence electrons. The highest BCUT2D eigenvalue weighted by atomic mass is 16.4. The monoisotopic (exact) mass is 1210 g/mol. The number of aryl methyl sites for hydroxylation is 2. The van der Waals surface area contributed by atoms with Crippen molar-refractivity contribution in [2.24, 2.45) is 29.4 Å². The van der Waals surface area contributed by atoms with E-state index in [2.05, 4.69) is 30.9 Å². The highest BCUT2D eigenvalue weighted by Gasteiger charge is 2.66. The molecule has 10 N–H and O–H groups in total. The van der Waals surface area contributed by atoms with Gasteiger partial charge in [-0.25, -0.2) is 0 Å². The van der Waals surface area contributed by atoms with Gasteiger partial charge in [-0.15, -0.1) is 0 Å². The molecule has 2 unspecified atom stereocenters. The molecule has 0 spiro atoms. The molecule has 6 aliphatic rings. The van der Waals surface area contributed by atoms with Crippen LogP contribution in [0, 0.1) is 23.7 Å². The number of aliphatic hydroxyl groups is 6. The number of amides is 1. The van der Waals surface area contributed by atoms with E-state index in [1.54, 1.807) is 33.1 Å². The second-order valence-corrected chi connectivity index (χ2v) is 25.8. The quantitative estimate of drug-likeness (QED) is 0.0386. The van der Waals surface area contributed by atoms with Crippen molar-refractivity contribution in [3.63, 3.8) is 0 Å². The number of phenolic OH excluding ortho intramolecular Hbond substituents is 2. The molecule has 88 heavy (non-hydrogen) atoms. The first-order chi connectivity index (χ1) is 41.5. The van der Waals surface area contributed by atoms with Crippen molar-refractivity contribution in [2.45, 2.75) is 140 Å². The molecule has 0 aliphatic heterocycles. The van der Waals surface area contributed by atoms with Crippen LogP contribution >= 0.6 is 0 Å². The largest absolute Gasteiger partial charge is 0.508 e. The molecule has 2 saturated carbocycles. The predicted molar refractivity (Wildman–Crippen MR) is 336 cm³/mol. The van der Waals surface area contributed by atoms with Gasteiger partial charge in [0.25, 0.3) is 5.91 Å². The molecule has 2 fully saturated rings. The SMILES string of the molecule is CC(=O)C1=C(O)[C@@]2(O)C(=O)C3=C(O)c4c(O)c(CCCCc5ccccc5)cc(N(C)C)c4C[C@H]3C[C@H]2C(N(C)C)C1=O.CCCCCN(CCCCC)Cc1cc(N(C)C)c2c(c1O)C(O)=C1C(=O)[C@]3(O)C(O)=C(C(N)=O)C(=O)C(N(C)C)[C@@H]3C[C@@H]1C2. The van der Waals surface area contributed by atoms with Crippen LogP contribution in [-0.4, -0.2) is 183 Å². The Kier molecular flexibility index (Phi) is 20.0. The molecule has 20 heteroatoms. The normalized spacial score (nSPS) is 24.9. The highest BCUT2D eigenvalue weighted by Crippen LogP contribution is 2.56. The summed E-state index contributed by atoms with van der Waals surface area (Å²) in [5, 5.41) is 92.7. The second kappa shape index (κ2) is 26.4. The van der Waals surface area contributed by atoms with Crippen LogP contribution in [0.25, 0.3) is 11.5 Å². The van der Waals surface area contributed by atoms with Gasteiger partial charge in [-0.1, -0.05) is 69.9 Å². The summed E-state index contributed by atoms with van der Waals surface area (Å²) in [6, 6.07) is 11.9. The summed E-state index contributed by atoms with van der Waals surface area (Å²) in [6.45, 7) is 7.61. The van der Waals surface area contributed by atoms with Crippen molar-refractivity contribution < 1.29 is 69.6 Å². The minimum atomic E-state index is -2.66. The smallest absolute Gasteiger partial charge is 0.255 e. The number of aliphatic hydroxyl groups excluding tert-OH is 4. The molecule has 0 radical (unpaired) electrons. The number of phenols is 2. The predicted octanol–water partition coefficient (Wildman–Crippen LogP) is 6.91. The number of rotatable bonds is 21. The highest BCUT2D eigenvalue weighted by molar-refractivity contribution is 6.26. The van der Waals surface area contributed by atoms with E-state index in [1.165, 1.54) is 10.5 Å². The Morgan fingerprint density at radius 3 is 1.42 bits per heavy atom. The number of fused-ring (bicyclic) bond motifs is 6. The first kappa shape index (κ1) is 66.6. The van der Waals surface area contributed by atoms with Gasteiger partial charge in [0.2, 0.25) is 11.6 Å². The number of ketones is 5. The van der Waals surface area contributed by atoms with Crippen LogP contribution in [0.4, 0.5) is 11.4 Å². The maximum absolute atomic E-state index is 14.2. The number of hydrogen-bond donors (Lipinski definition) is 9. The lowest BCUT2D eigenvalue weighted by Gasteiger charge is -2.50. The van der Waals surface area contributed by atoms with Crippen LogP contribution in [0.1, 0.15) is 124 Å². The van der Waals surface area contributed by atoms with Gasteiger partial charge < -0.3 is 56.4 Å². The van der Waals surface area contributed by atoms with E-state index in [9.17, 15) is 69.6 Å². The zero-order chi connectivity index (χ0) is 64.8. The molecule has 9 rings (SSSR count). The lowest BCUT2D eigenvalue weighted by molar-refractivity contribution is -0.155. The van der Waals surface area contributed by atoms with Crippen molar-refractivity contribution in [3.8, 4) is 11.5 Å². The molecule has 20 nitrogen and oxygen atoms in total. The van der Waals surface area contributed by atoms with Gasteiger partial charge in [0, 0.05) is 74.7 Å². The molecular formula is C68H90N6O14. The number of carbonyl (C=O) groups is 6. The number of aromatic hydroxyl groups is 2. The Morgan fingerprint density at radius 2 is 1.00 bits per heavy atom. The molecule has 3 aromatic rings. The van der Waals surface area contributed by atoms with E-state index < -0.39 is 116 Å². The Balaban J connectivity index is 0.000000228. The van der Waals surface area contributed by atoms with Crippen LogP contribution in [0.15, 0.2) is 76.3 Å². The van der Waals surface area contributed by atoms with Crippen LogP contribution < -0.4 is 15.5 Å².